The highest BCUT2D eigenvalue weighted by molar-refractivity contribution is 7.12. The number of thiophene rings is 1. The molecule has 0 aliphatic carbocycles. The number of anilines is 1. The lowest BCUT2D eigenvalue weighted by atomic mass is 10.1. The van der Waals surface area contributed by atoms with Crippen molar-refractivity contribution in [2.45, 2.75) is 13.3 Å². The Morgan fingerprint density at radius 1 is 1.35 bits per heavy atom. The minimum absolute atomic E-state index is 0.0946. The normalized spacial score (nSPS) is 10.3. The van der Waals surface area contributed by atoms with Crippen molar-refractivity contribution in [3.63, 3.8) is 0 Å². The molecule has 2 rings (SSSR count). The molecule has 0 aliphatic heterocycles. The van der Waals surface area contributed by atoms with E-state index in [1.807, 2.05) is 18.4 Å². The van der Waals surface area contributed by atoms with Crippen molar-refractivity contribution in [3.8, 4) is 0 Å². The molecule has 1 amide bonds. The van der Waals surface area contributed by atoms with Crippen LogP contribution in [0.25, 0.3) is 0 Å². The average Bonchev–Trinajstić information content (AvgIpc) is 2.86. The van der Waals surface area contributed by atoms with E-state index in [9.17, 15) is 9.59 Å². The molecule has 0 spiro atoms. The first-order valence-corrected chi connectivity index (χ1v) is 7.19. The topological polar surface area (TPSA) is 66.4 Å². The van der Waals surface area contributed by atoms with Crippen LogP contribution in [0.5, 0.6) is 0 Å². The van der Waals surface area contributed by atoms with Gasteiger partial charge >= 0.3 is 5.97 Å². The van der Waals surface area contributed by atoms with Gasteiger partial charge in [-0.25, -0.2) is 4.79 Å². The third kappa shape index (κ3) is 2.84. The van der Waals surface area contributed by atoms with E-state index < -0.39 is 5.97 Å². The lowest BCUT2D eigenvalue weighted by Crippen LogP contribution is -2.15. The van der Waals surface area contributed by atoms with Crippen molar-refractivity contribution in [2.75, 3.05) is 5.32 Å². The minimum Gasteiger partial charge on any atom is -0.478 e. The lowest BCUT2D eigenvalue weighted by Gasteiger charge is -2.09. The Balaban J connectivity index is 2.33. The Hall–Kier alpha value is -1.85. The van der Waals surface area contributed by atoms with Crippen LogP contribution in [0.4, 0.5) is 5.69 Å². The van der Waals surface area contributed by atoms with Crippen LogP contribution >= 0.6 is 22.9 Å². The molecule has 1 aromatic heterocycles. The molecule has 104 valence electrons. The lowest BCUT2D eigenvalue weighted by molar-refractivity contribution is 0.0698. The van der Waals surface area contributed by atoms with Crippen LogP contribution in [-0.4, -0.2) is 17.0 Å². The Kier molecular flexibility index (Phi) is 4.42. The van der Waals surface area contributed by atoms with Gasteiger partial charge in [-0.1, -0.05) is 24.6 Å². The van der Waals surface area contributed by atoms with E-state index in [1.54, 1.807) is 6.07 Å². The van der Waals surface area contributed by atoms with Crippen LogP contribution in [0.3, 0.4) is 0 Å². The quantitative estimate of drug-likeness (QED) is 0.899. The van der Waals surface area contributed by atoms with Gasteiger partial charge < -0.3 is 10.4 Å². The van der Waals surface area contributed by atoms with Crippen LogP contribution in [-0.2, 0) is 6.42 Å². The maximum atomic E-state index is 12.2. The van der Waals surface area contributed by atoms with E-state index in [1.165, 1.54) is 23.5 Å². The number of halogens is 1. The van der Waals surface area contributed by atoms with Gasteiger partial charge in [0, 0.05) is 0 Å². The number of hydrogen-bond donors (Lipinski definition) is 2. The van der Waals surface area contributed by atoms with Crippen LogP contribution in [0, 0.1) is 0 Å². The summed E-state index contributed by atoms with van der Waals surface area (Å²) < 4.78 is 0. The SMILES string of the molecule is CCc1ccsc1C(=O)Nc1cccc(Cl)c1C(=O)O. The molecule has 0 atom stereocenters. The molecule has 0 bridgehead atoms. The second-order valence-corrected chi connectivity index (χ2v) is 5.37. The summed E-state index contributed by atoms with van der Waals surface area (Å²) in [6.45, 7) is 1.96. The molecular formula is C14H12ClNO3S. The summed E-state index contributed by atoms with van der Waals surface area (Å²) in [6, 6.07) is 6.48. The third-order valence-electron chi connectivity index (χ3n) is 2.81. The number of rotatable bonds is 4. The van der Waals surface area contributed by atoms with Gasteiger partial charge in [-0.05, 0) is 35.6 Å². The maximum Gasteiger partial charge on any atom is 0.339 e. The van der Waals surface area contributed by atoms with Crippen molar-refractivity contribution in [1.29, 1.82) is 0 Å². The van der Waals surface area contributed by atoms with Crippen LogP contribution in [0.15, 0.2) is 29.6 Å². The number of carbonyl (C=O) groups excluding carboxylic acids is 1. The number of carboxylic acids is 1. The molecule has 1 aromatic carbocycles. The second kappa shape index (κ2) is 6.07. The Morgan fingerprint density at radius 2 is 2.10 bits per heavy atom. The summed E-state index contributed by atoms with van der Waals surface area (Å²) in [6.07, 6.45) is 0.744. The zero-order valence-corrected chi connectivity index (χ0v) is 12.2. The van der Waals surface area contributed by atoms with Gasteiger partial charge in [0.25, 0.3) is 5.91 Å². The summed E-state index contributed by atoms with van der Waals surface area (Å²) >= 11 is 7.19. The smallest absolute Gasteiger partial charge is 0.339 e. The first-order valence-electron chi connectivity index (χ1n) is 5.94. The van der Waals surface area contributed by atoms with Gasteiger partial charge in [0.15, 0.2) is 0 Å². The van der Waals surface area contributed by atoms with E-state index in [0.29, 0.717) is 4.88 Å². The Bertz CT molecular complexity index is 666. The number of benzene rings is 1. The van der Waals surface area contributed by atoms with E-state index >= 15 is 0 Å². The molecule has 0 radical (unpaired) electrons. The van der Waals surface area contributed by atoms with Gasteiger partial charge in [0.05, 0.1) is 15.6 Å². The second-order valence-electron chi connectivity index (χ2n) is 4.05. The number of amides is 1. The molecule has 0 aliphatic rings. The molecule has 4 nitrogen and oxygen atoms in total. The molecule has 2 aromatic rings. The van der Waals surface area contributed by atoms with Crippen molar-refractivity contribution in [1.82, 2.24) is 0 Å². The fraction of sp³-hybridized carbons (Fsp3) is 0.143. The standard InChI is InChI=1S/C14H12ClNO3S/c1-2-8-6-7-20-12(8)13(17)16-10-5-3-4-9(15)11(10)14(18)19/h3-7H,2H2,1H3,(H,16,17)(H,18,19). The molecule has 20 heavy (non-hydrogen) atoms. The highest BCUT2D eigenvalue weighted by atomic mass is 35.5. The Labute approximate surface area is 125 Å². The molecule has 0 unspecified atom stereocenters. The summed E-state index contributed by atoms with van der Waals surface area (Å²) in [5, 5.41) is 13.7. The number of carbonyl (C=O) groups is 2. The van der Waals surface area contributed by atoms with Crippen molar-refractivity contribution in [3.05, 3.63) is 50.7 Å². The van der Waals surface area contributed by atoms with Gasteiger partial charge in [0.2, 0.25) is 0 Å². The minimum atomic E-state index is -1.17. The van der Waals surface area contributed by atoms with Crippen LogP contribution in [0.1, 0.15) is 32.5 Å². The number of carboxylic acid groups (broad SMARTS) is 1. The molecule has 0 saturated heterocycles. The molecule has 6 heteroatoms. The number of aromatic carboxylic acids is 1. The first-order chi connectivity index (χ1) is 9.54. The van der Waals surface area contributed by atoms with Crippen LogP contribution in [0.2, 0.25) is 5.02 Å². The summed E-state index contributed by atoms with van der Waals surface area (Å²) in [4.78, 5) is 24.0. The largest absolute Gasteiger partial charge is 0.478 e. The summed E-state index contributed by atoms with van der Waals surface area (Å²) in [7, 11) is 0. The monoisotopic (exact) mass is 309 g/mol. The van der Waals surface area contributed by atoms with Crippen molar-refractivity contribution >= 4 is 40.5 Å². The molecule has 0 fully saturated rings. The highest BCUT2D eigenvalue weighted by Gasteiger charge is 2.18. The fourth-order valence-electron chi connectivity index (χ4n) is 1.84. The van der Waals surface area contributed by atoms with E-state index in [4.69, 9.17) is 16.7 Å². The average molecular weight is 310 g/mol. The number of hydrogen-bond acceptors (Lipinski definition) is 3. The van der Waals surface area contributed by atoms with Crippen LogP contribution < -0.4 is 5.32 Å². The van der Waals surface area contributed by atoms with Gasteiger partial charge in [-0.2, -0.15) is 0 Å². The number of aryl methyl sites for hydroxylation is 1. The first kappa shape index (κ1) is 14.6. The molecular weight excluding hydrogens is 298 g/mol. The van der Waals surface area contributed by atoms with Gasteiger partial charge in [-0.3, -0.25) is 4.79 Å². The summed E-state index contributed by atoms with van der Waals surface area (Å²) in [5.74, 6) is -1.49. The molecule has 1 heterocycles. The highest BCUT2D eigenvalue weighted by Crippen LogP contribution is 2.26. The third-order valence-corrected chi connectivity index (χ3v) is 4.08. The van der Waals surface area contributed by atoms with Crippen molar-refractivity contribution < 1.29 is 14.7 Å². The molecule has 0 saturated carbocycles. The number of nitrogens with one attached hydrogen (secondary N) is 1. The van der Waals surface area contributed by atoms with Crippen molar-refractivity contribution in [2.24, 2.45) is 0 Å². The molecule has 2 N–H and O–H groups in total. The zero-order valence-electron chi connectivity index (χ0n) is 10.6. The predicted molar refractivity (Wildman–Crippen MR) is 80.1 cm³/mol. The zero-order chi connectivity index (χ0) is 14.7. The van der Waals surface area contributed by atoms with Gasteiger partial charge in [0.1, 0.15) is 5.56 Å². The summed E-state index contributed by atoms with van der Waals surface area (Å²) in [5.41, 5.74) is 1.04. The fourth-order valence-corrected chi connectivity index (χ4v) is 2.98. The van der Waals surface area contributed by atoms with E-state index in [2.05, 4.69) is 5.32 Å². The predicted octanol–water partition coefficient (Wildman–Crippen LogP) is 3.91. The van der Waals surface area contributed by atoms with E-state index in [-0.39, 0.29) is 22.2 Å². The maximum absolute atomic E-state index is 12.2. The van der Waals surface area contributed by atoms with Gasteiger partial charge in [-0.15, -0.1) is 11.3 Å². The Morgan fingerprint density at radius 3 is 2.75 bits per heavy atom. The van der Waals surface area contributed by atoms with E-state index in [0.717, 1.165) is 12.0 Å².